The monoisotopic (exact) mass is 277 g/mol. The summed E-state index contributed by atoms with van der Waals surface area (Å²) in [4.78, 5) is 16.1. The van der Waals surface area contributed by atoms with Gasteiger partial charge in [0.2, 0.25) is 5.91 Å². The molecule has 0 fully saturated rings. The van der Waals surface area contributed by atoms with E-state index in [4.69, 9.17) is 5.73 Å². The molecule has 1 aromatic carbocycles. The van der Waals surface area contributed by atoms with Gasteiger partial charge in [-0.25, -0.2) is 0 Å². The maximum atomic E-state index is 12.0. The zero-order valence-electron chi connectivity index (χ0n) is 12.7. The molecule has 0 saturated heterocycles. The molecular weight excluding hydrogens is 250 g/mol. The fraction of sp³-hybridized carbons (Fsp3) is 0.562. The Kier molecular flexibility index (Phi) is 7.92. The van der Waals surface area contributed by atoms with E-state index in [1.807, 2.05) is 13.1 Å². The summed E-state index contributed by atoms with van der Waals surface area (Å²) in [6, 6.07) is 10.4. The van der Waals surface area contributed by atoms with Gasteiger partial charge in [-0.05, 0) is 25.1 Å². The van der Waals surface area contributed by atoms with E-state index in [0.717, 1.165) is 32.6 Å². The van der Waals surface area contributed by atoms with Gasteiger partial charge in [-0.1, -0.05) is 37.3 Å². The molecule has 0 bridgehead atoms. The predicted molar refractivity (Wildman–Crippen MR) is 83.3 cm³/mol. The summed E-state index contributed by atoms with van der Waals surface area (Å²) >= 11 is 0. The molecule has 4 heteroatoms. The van der Waals surface area contributed by atoms with Crippen LogP contribution in [0, 0.1) is 0 Å². The second kappa shape index (κ2) is 9.50. The first-order valence-electron chi connectivity index (χ1n) is 7.37. The van der Waals surface area contributed by atoms with E-state index >= 15 is 0 Å². The van der Waals surface area contributed by atoms with Crippen LogP contribution in [0.1, 0.15) is 25.3 Å². The number of nitrogens with zero attached hydrogens (tertiary/aromatic N) is 2. The van der Waals surface area contributed by atoms with Gasteiger partial charge >= 0.3 is 0 Å². The molecule has 0 spiro atoms. The molecule has 1 amide bonds. The fourth-order valence-corrected chi connectivity index (χ4v) is 2.09. The number of carbonyl (C=O) groups excluding carboxylic acids is 1. The standard InChI is InChI=1S/C16H27N3O/c1-3-19(14-15-8-5-4-6-9-15)13-10-16(20)18(2)12-7-11-17/h4-6,8-9H,3,7,10-14,17H2,1-2H3. The van der Waals surface area contributed by atoms with E-state index in [1.54, 1.807) is 4.90 Å². The van der Waals surface area contributed by atoms with Gasteiger partial charge in [-0.2, -0.15) is 0 Å². The lowest BCUT2D eigenvalue weighted by Crippen LogP contribution is -2.33. The summed E-state index contributed by atoms with van der Waals surface area (Å²) in [5.41, 5.74) is 6.75. The fourth-order valence-electron chi connectivity index (χ4n) is 2.09. The number of nitrogens with two attached hydrogens (primary N) is 1. The van der Waals surface area contributed by atoms with Crippen LogP contribution in [0.25, 0.3) is 0 Å². The predicted octanol–water partition coefficient (Wildman–Crippen LogP) is 1.71. The van der Waals surface area contributed by atoms with Crippen molar-refractivity contribution in [3.05, 3.63) is 35.9 Å². The minimum atomic E-state index is 0.199. The highest BCUT2D eigenvalue weighted by molar-refractivity contribution is 5.76. The van der Waals surface area contributed by atoms with Crippen molar-refractivity contribution in [3.8, 4) is 0 Å². The maximum Gasteiger partial charge on any atom is 0.223 e. The zero-order valence-corrected chi connectivity index (χ0v) is 12.7. The summed E-state index contributed by atoms with van der Waals surface area (Å²) in [5, 5.41) is 0. The molecule has 0 radical (unpaired) electrons. The van der Waals surface area contributed by atoms with Crippen LogP contribution in [0.5, 0.6) is 0 Å². The highest BCUT2D eigenvalue weighted by Crippen LogP contribution is 2.05. The van der Waals surface area contributed by atoms with Gasteiger partial charge in [0.15, 0.2) is 0 Å². The molecule has 112 valence electrons. The van der Waals surface area contributed by atoms with Crippen molar-refractivity contribution in [2.24, 2.45) is 5.73 Å². The third kappa shape index (κ3) is 6.17. The van der Waals surface area contributed by atoms with E-state index in [1.165, 1.54) is 5.56 Å². The first-order valence-corrected chi connectivity index (χ1v) is 7.37. The molecule has 0 saturated carbocycles. The van der Waals surface area contributed by atoms with E-state index in [2.05, 4.69) is 36.1 Å². The van der Waals surface area contributed by atoms with Gasteiger partial charge in [0, 0.05) is 33.1 Å². The normalized spacial score (nSPS) is 10.8. The average molecular weight is 277 g/mol. The number of hydrogen-bond donors (Lipinski definition) is 1. The lowest BCUT2D eigenvalue weighted by atomic mass is 10.2. The lowest BCUT2D eigenvalue weighted by molar-refractivity contribution is -0.130. The summed E-state index contributed by atoms with van der Waals surface area (Å²) in [6.45, 7) is 6.17. The molecule has 20 heavy (non-hydrogen) atoms. The first-order chi connectivity index (χ1) is 9.67. The summed E-state index contributed by atoms with van der Waals surface area (Å²) < 4.78 is 0. The Morgan fingerprint density at radius 3 is 2.50 bits per heavy atom. The van der Waals surface area contributed by atoms with Crippen molar-refractivity contribution < 1.29 is 4.79 Å². The molecule has 4 nitrogen and oxygen atoms in total. The maximum absolute atomic E-state index is 12.0. The Morgan fingerprint density at radius 2 is 1.90 bits per heavy atom. The van der Waals surface area contributed by atoms with Gasteiger partial charge in [0.05, 0.1) is 0 Å². The molecule has 0 unspecified atom stereocenters. The summed E-state index contributed by atoms with van der Waals surface area (Å²) in [6.07, 6.45) is 1.44. The molecule has 1 aromatic rings. The van der Waals surface area contributed by atoms with Crippen LogP contribution in [0.3, 0.4) is 0 Å². The quantitative estimate of drug-likeness (QED) is 0.747. The van der Waals surface area contributed by atoms with Crippen LogP contribution < -0.4 is 5.73 Å². The van der Waals surface area contributed by atoms with Crippen LogP contribution >= 0.6 is 0 Å². The number of rotatable bonds is 9. The van der Waals surface area contributed by atoms with Crippen LogP contribution in [-0.2, 0) is 11.3 Å². The van der Waals surface area contributed by atoms with Gasteiger partial charge in [-0.3, -0.25) is 9.69 Å². The third-order valence-electron chi connectivity index (χ3n) is 3.46. The Balaban J connectivity index is 2.35. The summed E-state index contributed by atoms with van der Waals surface area (Å²) in [5.74, 6) is 0.199. The van der Waals surface area contributed by atoms with Crippen molar-refractivity contribution in [1.82, 2.24) is 9.80 Å². The molecule has 1 rings (SSSR count). The first kappa shape index (κ1) is 16.7. The van der Waals surface area contributed by atoms with E-state index in [0.29, 0.717) is 13.0 Å². The third-order valence-corrected chi connectivity index (χ3v) is 3.46. The molecule has 0 aromatic heterocycles. The molecular formula is C16H27N3O. The Labute approximate surface area is 122 Å². The minimum absolute atomic E-state index is 0.199. The van der Waals surface area contributed by atoms with Crippen molar-refractivity contribution in [3.63, 3.8) is 0 Å². The molecule has 0 aliphatic rings. The topological polar surface area (TPSA) is 49.6 Å². The lowest BCUT2D eigenvalue weighted by Gasteiger charge is -2.22. The Bertz CT molecular complexity index is 381. The molecule has 0 atom stereocenters. The van der Waals surface area contributed by atoms with Crippen molar-refractivity contribution in [2.75, 3.05) is 33.2 Å². The SMILES string of the molecule is CCN(CCC(=O)N(C)CCCN)Cc1ccccc1. The number of benzene rings is 1. The number of carbonyl (C=O) groups is 1. The van der Waals surface area contributed by atoms with Crippen LogP contribution in [0.4, 0.5) is 0 Å². The number of amides is 1. The van der Waals surface area contributed by atoms with E-state index in [-0.39, 0.29) is 5.91 Å². The zero-order chi connectivity index (χ0) is 14.8. The minimum Gasteiger partial charge on any atom is -0.346 e. The second-order valence-electron chi connectivity index (χ2n) is 5.06. The smallest absolute Gasteiger partial charge is 0.223 e. The highest BCUT2D eigenvalue weighted by Gasteiger charge is 2.11. The van der Waals surface area contributed by atoms with Crippen LogP contribution in [0.2, 0.25) is 0 Å². The number of hydrogen-bond acceptors (Lipinski definition) is 3. The Hall–Kier alpha value is -1.39. The van der Waals surface area contributed by atoms with Crippen molar-refractivity contribution >= 4 is 5.91 Å². The van der Waals surface area contributed by atoms with Gasteiger partial charge in [0.1, 0.15) is 0 Å². The summed E-state index contributed by atoms with van der Waals surface area (Å²) in [7, 11) is 1.85. The van der Waals surface area contributed by atoms with Crippen molar-refractivity contribution in [1.29, 1.82) is 0 Å². The molecule has 0 heterocycles. The van der Waals surface area contributed by atoms with Gasteiger partial charge in [0.25, 0.3) is 0 Å². The molecule has 0 aliphatic carbocycles. The van der Waals surface area contributed by atoms with Gasteiger partial charge in [-0.15, -0.1) is 0 Å². The van der Waals surface area contributed by atoms with Crippen molar-refractivity contribution in [2.45, 2.75) is 26.3 Å². The van der Waals surface area contributed by atoms with Crippen LogP contribution in [0.15, 0.2) is 30.3 Å². The highest BCUT2D eigenvalue weighted by atomic mass is 16.2. The average Bonchev–Trinajstić information content (AvgIpc) is 2.49. The Morgan fingerprint density at radius 1 is 1.20 bits per heavy atom. The van der Waals surface area contributed by atoms with Gasteiger partial charge < -0.3 is 10.6 Å². The van der Waals surface area contributed by atoms with E-state index in [9.17, 15) is 4.79 Å². The second-order valence-corrected chi connectivity index (χ2v) is 5.06. The van der Waals surface area contributed by atoms with Crippen LogP contribution in [-0.4, -0.2) is 48.9 Å². The largest absolute Gasteiger partial charge is 0.346 e. The molecule has 2 N–H and O–H groups in total. The molecule has 0 aliphatic heterocycles. The van der Waals surface area contributed by atoms with E-state index < -0.39 is 0 Å².